The first-order valence-electron chi connectivity index (χ1n) is 4.61. The monoisotopic (exact) mass is 400 g/mol. The zero-order valence-corrected chi connectivity index (χ0v) is 12.6. The molecule has 2 rings (SSSR count). The Morgan fingerprint density at radius 2 is 1.94 bits per heavy atom. The fraction of sp³-hybridized carbons (Fsp3) is 0.100. The average Bonchev–Trinajstić information content (AvgIpc) is 2.66. The molecule has 0 aliphatic heterocycles. The highest BCUT2D eigenvalue weighted by Gasteiger charge is 2.31. The van der Waals surface area contributed by atoms with Gasteiger partial charge in [-0.2, -0.15) is 18.3 Å². The van der Waals surface area contributed by atoms with Crippen molar-refractivity contribution < 1.29 is 13.2 Å². The summed E-state index contributed by atoms with van der Waals surface area (Å²) >= 11 is 6.27. The van der Waals surface area contributed by atoms with Gasteiger partial charge in [0.15, 0.2) is 0 Å². The van der Waals surface area contributed by atoms with Crippen molar-refractivity contribution in [3.63, 3.8) is 0 Å². The van der Waals surface area contributed by atoms with Gasteiger partial charge in [0.1, 0.15) is 0 Å². The van der Waals surface area contributed by atoms with E-state index in [0.717, 1.165) is 0 Å². The lowest BCUT2D eigenvalue weighted by atomic mass is 10.3. The van der Waals surface area contributed by atoms with Crippen LogP contribution >= 0.6 is 43.6 Å². The number of rotatable bonds is 2. The summed E-state index contributed by atoms with van der Waals surface area (Å²) in [5.74, 6) is 0. The lowest BCUT2D eigenvalue weighted by molar-refractivity contribution is -0.0328. The number of hydrogen-bond donors (Lipinski definition) is 0. The van der Waals surface area contributed by atoms with Crippen molar-refractivity contribution in [1.82, 2.24) is 9.78 Å². The molecule has 0 bridgehead atoms. The lowest BCUT2D eigenvalue weighted by Crippen LogP contribution is -2.04. The molecule has 0 aliphatic carbocycles. The van der Waals surface area contributed by atoms with Crippen LogP contribution in [-0.4, -0.2) is 15.3 Å². The molecule has 0 spiro atoms. The van der Waals surface area contributed by atoms with E-state index in [1.165, 1.54) is 16.9 Å². The summed E-state index contributed by atoms with van der Waals surface area (Å²) in [7, 11) is 0. The second kappa shape index (κ2) is 5.26. The van der Waals surface area contributed by atoms with Crippen LogP contribution in [0.3, 0.4) is 0 Å². The molecule has 0 unspecified atom stereocenters. The fourth-order valence-electron chi connectivity index (χ4n) is 1.37. The first-order valence-corrected chi connectivity index (χ1v) is 7.02. The maximum absolute atomic E-state index is 12.5. The number of hydrogen-bond acceptors (Lipinski definition) is 2. The van der Waals surface area contributed by atoms with Crippen LogP contribution in [0.4, 0.5) is 13.2 Å². The highest BCUT2D eigenvalue weighted by molar-refractivity contribution is 9.11. The molecule has 0 saturated heterocycles. The van der Waals surface area contributed by atoms with Crippen LogP contribution in [0.2, 0.25) is 0 Å². The van der Waals surface area contributed by atoms with Crippen molar-refractivity contribution in [2.75, 3.05) is 0 Å². The van der Waals surface area contributed by atoms with Gasteiger partial charge in [-0.05, 0) is 45.9 Å². The number of thioether (sulfide) groups is 1. The van der Waals surface area contributed by atoms with E-state index in [1.807, 2.05) is 0 Å². The van der Waals surface area contributed by atoms with Gasteiger partial charge in [-0.3, -0.25) is 0 Å². The molecular weight excluding hydrogens is 397 g/mol. The van der Waals surface area contributed by atoms with Crippen LogP contribution < -0.4 is 0 Å². The van der Waals surface area contributed by atoms with Crippen LogP contribution in [0.1, 0.15) is 0 Å². The molecule has 1 aromatic heterocycles. The number of alkyl halides is 3. The van der Waals surface area contributed by atoms with Gasteiger partial charge in [0, 0.05) is 26.2 Å². The Hall–Kier alpha value is -0.470. The van der Waals surface area contributed by atoms with Gasteiger partial charge >= 0.3 is 5.51 Å². The molecule has 0 saturated carbocycles. The van der Waals surface area contributed by atoms with Crippen LogP contribution in [0.5, 0.6) is 0 Å². The third-order valence-corrected chi connectivity index (χ3v) is 3.78. The molecule has 2 nitrogen and oxygen atoms in total. The van der Waals surface area contributed by atoms with E-state index in [2.05, 4.69) is 37.0 Å². The quantitative estimate of drug-likeness (QED) is 0.658. The SMILES string of the molecule is FC(F)(F)Sc1cc(Br)cc(Br)c1-n1cccn1. The highest BCUT2D eigenvalue weighted by atomic mass is 79.9. The summed E-state index contributed by atoms with van der Waals surface area (Å²) in [6, 6.07) is 4.74. The average molecular weight is 402 g/mol. The molecule has 18 heavy (non-hydrogen) atoms. The second-order valence-corrected chi connectivity index (χ2v) is 6.11. The van der Waals surface area contributed by atoms with Gasteiger partial charge in [-0.25, -0.2) is 4.68 Å². The number of nitrogens with zero attached hydrogens (tertiary/aromatic N) is 2. The van der Waals surface area contributed by atoms with Crippen molar-refractivity contribution in [2.24, 2.45) is 0 Å². The third-order valence-electron chi connectivity index (χ3n) is 1.95. The zero-order chi connectivity index (χ0) is 13.3. The van der Waals surface area contributed by atoms with E-state index in [-0.39, 0.29) is 16.7 Å². The summed E-state index contributed by atoms with van der Waals surface area (Å²) in [5.41, 5.74) is -3.98. The summed E-state index contributed by atoms with van der Waals surface area (Å²) in [4.78, 5) is 0.0763. The van der Waals surface area contributed by atoms with Crippen molar-refractivity contribution in [1.29, 1.82) is 0 Å². The van der Waals surface area contributed by atoms with E-state index >= 15 is 0 Å². The minimum absolute atomic E-state index is 0.0763. The minimum Gasteiger partial charge on any atom is -0.239 e. The van der Waals surface area contributed by atoms with E-state index in [9.17, 15) is 13.2 Å². The second-order valence-electron chi connectivity index (χ2n) is 3.23. The Balaban J connectivity index is 2.56. The molecule has 1 heterocycles. The topological polar surface area (TPSA) is 17.8 Å². The largest absolute Gasteiger partial charge is 0.446 e. The Morgan fingerprint density at radius 1 is 1.22 bits per heavy atom. The first kappa shape index (κ1) is 14.0. The molecule has 96 valence electrons. The number of benzene rings is 1. The zero-order valence-electron chi connectivity index (χ0n) is 8.58. The molecule has 0 atom stereocenters. The van der Waals surface area contributed by atoms with Crippen molar-refractivity contribution in [3.05, 3.63) is 39.5 Å². The van der Waals surface area contributed by atoms with Crippen LogP contribution in [-0.2, 0) is 0 Å². The van der Waals surface area contributed by atoms with E-state index in [0.29, 0.717) is 14.6 Å². The molecule has 2 aromatic rings. The Kier molecular flexibility index (Phi) is 4.08. The summed E-state index contributed by atoms with van der Waals surface area (Å²) in [6.45, 7) is 0. The molecule has 0 radical (unpaired) electrons. The Bertz CT molecular complexity index is 555. The predicted octanol–water partition coefficient (Wildman–Crippen LogP) is 5.01. The van der Waals surface area contributed by atoms with Crippen LogP contribution in [0.25, 0.3) is 5.69 Å². The maximum Gasteiger partial charge on any atom is 0.446 e. The molecule has 8 heteroatoms. The van der Waals surface area contributed by atoms with Crippen LogP contribution in [0.15, 0.2) is 44.4 Å². The van der Waals surface area contributed by atoms with Gasteiger partial charge in [-0.15, -0.1) is 0 Å². The number of halogens is 5. The lowest BCUT2D eigenvalue weighted by Gasteiger charge is -2.13. The summed E-state index contributed by atoms with van der Waals surface area (Å²) in [6.07, 6.45) is 3.10. The Labute approximate surface area is 122 Å². The van der Waals surface area contributed by atoms with E-state index in [4.69, 9.17) is 0 Å². The van der Waals surface area contributed by atoms with E-state index < -0.39 is 5.51 Å². The fourth-order valence-corrected chi connectivity index (χ4v) is 3.79. The van der Waals surface area contributed by atoms with E-state index in [1.54, 1.807) is 18.3 Å². The maximum atomic E-state index is 12.5. The molecule has 0 amide bonds. The molecular formula is C10H5Br2F3N2S. The minimum atomic E-state index is -4.35. The first-order chi connectivity index (χ1) is 8.37. The molecule has 0 fully saturated rings. The van der Waals surface area contributed by atoms with Gasteiger partial charge < -0.3 is 0 Å². The smallest absolute Gasteiger partial charge is 0.239 e. The normalized spacial score (nSPS) is 11.8. The van der Waals surface area contributed by atoms with Crippen molar-refractivity contribution >= 4 is 43.6 Å². The standard InChI is InChI=1S/C10H5Br2F3N2S/c11-6-4-7(12)9(17-3-1-2-16-17)8(5-6)18-10(13,14)15/h1-5H. The van der Waals surface area contributed by atoms with Crippen molar-refractivity contribution in [3.8, 4) is 5.69 Å². The summed E-state index contributed by atoms with van der Waals surface area (Å²) < 4.78 is 40.1. The number of aromatic nitrogens is 2. The molecule has 0 N–H and O–H groups in total. The van der Waals surface area contributed by atoms with Crippen LogP contribution in [0, 0.1) is 0 Å². The molecule has 1 aromatic carbocycles. The highest BCUT2D eigenvalue weighted by Crippen LogP contribution is 2.43. The van der Waals surface area contributed by atoms with Gasteiger partial charge in [0.25, 0.3) is 0 Å². The van der Waals surface area contributed by atoms with Gasteiger partial charge in [0.05, 0.1) is 5.69 Å². The Morgan fingerprint density at radius 3 is 2.50 bits per heavy atom. The summed E-state index contributed by atoms with van der Waals surface area (Å²) in [5, 5.41) is 3.96. The molecule has 0 aliphatic rings. The predicted molar refractivity (Wildman–Crippen MR) is 70.9 cm³/mol. The van der Waals surface area contributed by atoms with Gasteiger partial charge in [0.2, 0.25) is 0 Å². The van der Waals surface area contributed by atoms with Crippen molar-refractivity contribution in [2.45, 2.75) is 10.4 Å². The third kappa shape index (κ3) is 3.30. The van der Waals surface area contributed by atoms with Gasteiger partial charge in [-0.1, -0.05) is 15.9 Å².